The molecule has 1 nitrogen and oxygen atoms in total. The molecule has 0 amide bonds. The van der Waals surface area contributed by atoms with E-state index in [1.807, 2.05) is 0 Å². The van der Waals surface area contributed by atoms with Gasteiger partial charge >= 0.3 is 0 Å². The zero-order valence-corrected chi connectivity index (χ0v) is 7.16. The molecule has 0 aromatic carbocycles. The van der Waals surface area contributed by atoms with E-state index in [1.54, 1.807) is 0 Å². The third-order valence-electron chi connectivity index (χ3n) is 4.29. The molecule has 1 N–H and O–H groups in total. The second kappa shape index (κ2) is 1.85. The monoisotopic (exact) mass is 162 g/mol. The molecule has 0 aromatic rings. The Bertz CT molecular complexity index is 253. The lowest BCUT2D eigenvalue weighted by Gasteiger charge is -2.12. The van der Waals surface area contributed by atoms with Gasteiger partial charge in [0.1, 0.15) is 0 Å². The van der Waals surface area contributed by atoms with E-state index in [9.17, 15) is 5.11 Å². The fraction of sp³-hybridized carbons (Fsp3) is 0.636. The molecule has 2 unspecified atom stereocenters. The van der Waals surface area contributed by atoms with Crippen LogP contribution in [0.25, 0.3) is 0 Å². The van der Waals surface area contributed by atoms with Crippen LogP contribution in [0.3, 0.4) is 0 Å². The largest absolute Gasteiger partial charge is 0.396 e. The summed E-state index contributed by atoms with van der Waals surface area (Å²) in [6.07, 6.45) is 12.9. The molecule has 0 aromatic heterocycles. The van der Waals surface area contributed by atoms with Crippen molar-refractivity contribution in [1.29, 1.82) is 0 Å². The fourth-order valence-corrected chi connectivity index (χ4v) is 3.72. The molecule has 64 valence electrons. The fourth-order valence-electron chi connectivity index (χ4n) is 3.72. The van der Waals surface area contributed by atoms with Crippen molar-refractivity contribution in [2.45, 2.75) is 19.3 Å². The van der Waals surface area contributed by atoms with Crippen LogP contribution in [0.2, 0.25) is 0 Å². The normalized spacial score (nSPS) is 53.6. The summed E-state index contributed by atoms with van der Waals surface area (Å²) in [5.74, 6) is 0.536. The van der Waals surface area contributed by atoms with Crippen molar-refractivity contribution in [3.63, 3.8) is 0 Å². The number of hydrogen-bond acceptors (Lipinski definition) is 1. The Kier molecular flexibility index (Phi) is 1.06. The summed E-state index contributed by atoms with van der Waals surface area (Å²) in [6, 6.07) is 0. The van der Waals surface area contributed by atoms with Crippen LogP contribution in [0, 0.1) is 16.7 Å². The quantitative estimate of drug-likeness (QED) is 0.624. The van der Waals surface area contributed by atoms with Gasteiger partial charge in [0.25, 0.3) is 0 Å². The highest BCUT2D eigenvalue weighted by Gasteiger charge is 2.75. The van der Waals surface area contributed by atoms with Gasteiger partial charge < -0.3 is 5.11 Å². The summed E-state index contributed by atoms with van der Waals surface area (Å²) >= 11 is 0. The molecule has 0 aliphatic heterocycles. The number of allylic oxidation sites excluding steroid dienone is 4. The molecule has 2 fully saturated rings. The second-order valence-electron chi connectivity index (χ2n) is 4.39. The maximum Gasteiger partial charge on any atom is 0.0476 e. The predicted molar refractivity (Wildman–Crippen MR) is 47.6 cm³/mol. The minimum absolute atomic E-state index is 0.370. The molecule has 2 saturated carbocycles. The molecular formula is C11H14O. The lowest BCUT2D eigenvalue weighted by Crippen LogP contribution is -2.03. The first-order chi connectivity index (χ1) is 5.86. The van der Waals surface area contributed by atoms with Crippen molar-refractivity contribution in [3.05, 3.63) is 24.3 Å². The van der Waals surface area contributed by atoms with Crippen molar-refractivity contribution >= 4 is 0 Å². The standard InChI is InChI=1S/C11H14O/c12-8-9-10-4-1-2-5-11(9,10)7-3-6-10/h1-2,4-5,9,12H,3,6-8H2. The number of aliphatic hydroxyl groups excluding tert-OH is 1. The molecule has 3 aliphatic carbocycles. The molecule has 3 rings (SSSR count). The molecule has 1 heteroatoms. The average molecular weight is 162 g/mol. The SMILES string of the molecule is OCC1C23C=CC=CC12CCC3. The summed E-state index contributed by atoms with van der Waals surface area (Å²) < 4.78 is 0. The Morgan fingerprint density at radius 3 is 2.25 bits per heavy atom. The van der Waals surface area contributed by atoms with Gasteiger partial charge in [0, 0.05) is 23.4 Å². The lowest BCUT2D eigenvalue weighted by atomic mass is 9.92. The number of hydrogen-bond donors (Lipinski definition) is 1. The molecule has 3 aliphatic rings. The first kappa shape index (κ1) is 6.90. The molecule has 0 saturated heterocycles. The first-order valence-electron chi connectivity index (χ1n) is 4.84. The van der Waals surface area contributed by atoms with Crippen LogP contribution in [-0.4, -0.2) is 11.7 Å². The van der Waals surface area contributed by atoms with E-state index in [-0.39, 0.29) is 0 Å². The third kappa shape index (κ3) is 0.480. The van der Waals surface area contributed by atoms with Crippen molar-refractivity contribution in [3.8, 4) is 0 Å². The maximum absolute atomic E-state index is 9.26. The van der Waals surface area contributed by atoms with Gasteiger partial charge in [0.05, 0.1) is 0 Å². The Morgan fingerprint density at radius 2 is 1.75 bits per heavy atom. The van der Waals surface area contributed by atoms with Crippen LogP contribution in [0.1, 0.15) is 19.3 Å². The first-order valence-corrected chi connectivity index (χ1v) is 4.84. The Labute approximate surface area is 72.8 Å². The highest BCUT2D eigenvalue weighted by atomic mass is 16.3. The van der Waals surface area contributed by atoms with Crippen molar-refractivity contribution in [2.24, 2.45) is 16.7 Å². The van der Waals surface area contributed by atoms with Crippen LogP contribution < -0.4 is 0 Å². The van der Waals surface area contributed by atoms with Crippen LogP contribution in [0.5, 0.6) is 0 Å². The van der Waals surface area contributed by atoms with E-state index >= 15 is 0 Å². The predicted octanol–water partition coefficient (Wildman–Crippen LogP) is 1.89. The summed E-state index contributed by atoms with van der Waals surface area (Å²) in [4.78, 5) is 0. The molecule has 2 atom stereocenters. The molecule has 0 heterocycles. The van der Waals surface area contributed by atoms with E-state index in [0.717, 1.165) is 0 Å². The number of aliphatic hydroxyl groups is 1. The summed E-state index contributed by atoms with van der Waals surface area (Å²) in [5, 5.41) is 9.26. The highest BCUT2D eigenvalue weighted by Crippen LogP contribution is 2.79. The van der Waals surface area contributed by atoms with E-state index in [1.165, 1.54) is 19.3 Å². The van der Waals surface area contributed by atoms with Crippen molar-refractivity contribution in [2.75, 3.05) is 6.61 Å². The second-order valence-corrected chi connectivity index (χ2v) is 4.39. The van der Waals surface area contributed by atoms with Crippen molar-refractivity contribution < 1.29 is 5.11 Å². The summed E-state index contributed by atoms with van der Waals surface area (Å²) in [7, 11) is 0. The van der Waals surface area contributed by atoms with E-state index in [0.29, 0.717) is 23.4 Å². The Hall–Kier alpha value is -0.560. The summed E-state index contributed by atoms with van der Waals surface area (Å²) in [5.41, 5.74) is 0.771. The third-order valence-corrected chi connectivity index (χ3v) is 4.29. The van der Waals surface area contributed by atoms with Gasteiger partial charge in [-0.15, -0.1) is 0 Å². The van der Waals surface area contributed by atoms with Gasteiger partial charge in [-0.3, -0.25) is 0 Å². The minimum Gasteiger partial charge on any atom is -0.396 e. The molecule has 0 radical (unpaired) electrons. The maximum atomic E-state index is 9.26. The van der Waals surface area contributed by atoms with E-state index < -0.39 is 0 Å². The number of rotatable bonds is 1. The van der Waals surface area contributed by atoms with Gasteiger partial charge in [-0.25, -0.2) is 0 Å². The topological polar surface area (TPSA) is 20.2 Å². The van der Waals surface area contributed by atoms with Gasteiger partial charge in [0.15, 0.2) is 0 Å². The molecular weight excluding hydrogens is 148 g/mol. The Balaban J connectivity index is 2.07. The smallest absolute Gasteiger partial charge is 0.0476 e. The molecule has 0 spiro atoms. The van der Waals surface area contributed by atoms with Crippen LogP contribution >= 0.6 is 0 Å². The average Bonchev–Trinajstić information content (AvgIpc) is 2.45. The zero-order chi connectivity index (χ0) is 8.23. The van der Waals surface area contributed by atoms with Crippen LogP contribution in [0.15, 0.2) is 24.3 Å². The lowest BCUT2D eigenvalue weighted by molar-refractivity contribution is 0.242. The van der Waals surface area contributed by atoms with Gasteiger partial charge in [-0.1, -0.05) is 30.7 Å². The van der Waals surface area contributed by atoms with Crippen LogP contribution in [0.4, 0.5) is 0 Å². The van der Waals surface area contributed by atoms with Crippen LogP contribution in [-0.2, 0) is 0 Å². The van der Waals surface area contributed by atoms with Gasteiger partial charge in [0.2, 0.25) is 0 Å². The highest BCUT2D eigenvalue weighted by molar-refractivity contribution is 5.42. The van der Waals surface area contributed by atoms with Crippen molar-refractivity contribution in [1.82, 2.24) is 0 Å². The van der Waals surface area contributed by atoms with E-state index in [2.05, 4.69) is 24.3 Å². The summed E-state index contributed by atoms with van der Waals surface area (Å²) in [6.45, 7) is 0.370. The zero-order valence-electron chi connectivity index (χ0n) is 7.16. The molecule has 12 heavy (non-hydrogen) atoms. The van der Waals surface area contributed by atoms with Gasteiger partial charge in [-0.2, -0.15) is 0 Å². The van der Waals surface area contributed by atoms with E-state index in [4.69, 9.17) is 0 Å². The Morgan fingerprint density at radius 1 is 1.17 bits per heavy atom. The van der Waals surface area contributed by atoms with Gasteiger partial charge in [-0.05, 0) is 12.8 Å². The minimum atomic E-state index is 0.370. The molecule has 0 bridgehead atoms.